The zero-order valence-corrected chi connectivity index (χ0v) is 11.7. The van der Waals surface area contributed by atoms with Crippen molar-refractivity contribution in [3.8, 4) is 17.1 Å². The summed E-state index contributed by atoms with van der Waals surface area (Å²) in [6.45, 7) is 0. The fourth-order valence-electron chi connectivity index (χ4n) is 1.50. The summed E-state index contributed by atoms with van der Waals surface area (Å²) in [5.74, 6) is 2.25. The Morgan fingerprint density at radius 1 is 1.29 bits per heavy atom. The van der Waals surface area contributed by atoms with E-state index < -0.39 is 0 Å². The Morgan fingerprint density at radius 3 is 2.76 bits per heavy atom. The predicted octanol–water partition coefficient (Wildman–Crippen LogP) is 2.80. The molecule has 2 aromatic rings. The van der Waals surface area contributed by atoms with Crippen LogP contribution in [0, 0.1) is 3.57 Å². The number of benzene rings is 1. The summed E-state index contributed by atoms with van der Waals surface area (Å²) < 4.78 is 6.29. The number of aromatic nitrogens is 2. The van der Waals surface area contributed by atoms with E-state index >= 15 is 0 Å². The SMILES string of the molecule is CNc1nc(-c2ccccc2OC)ncc1I. The summed E-state index contributed by atoms with van der Waals surface area (Å²) in [7, 11) is 3.49. The average Bonchev–Trinajstić information content (AvgIpc) is 2.39. The molecule has 0 aliphatic carbocycles. The van der Waals surface area contributed by atoms with E-state index in [-0.39, 0.29) is 0 Å². The van der Waals surface area contributed by atoms with Crippen molar-refractivity contribution in [2.24, 2.45) is 0 Å². The Morgan fingerprint density at radius 2 is 2.06 bits per heavy atom. The average molecular weight is 341 g/mol. The van der Waals surface area contributed by atoms with Crippen LogP contribution in [0.2, 0.25) is 0 Å². The minimum atomic E-state index is 0.659. The molecule has 0 saturated heterocycles. The second-order valence-corrected chi connectivity index (χ2v) is 4.50. The standard InChI is InChI=1S/C12H12IN3O/c1-14-12-9(13)7-15-11(16-12)8-5-3-4-6-10(8)17-2/h3-7H,1-2H3,(H,14,15,16). The van der Waals surface area contributed by atoms with Crippen molar-refractivity contribution in [1.29, 1.82) is 0 Å². The molecule has 0 radical (unpaired) electrons. The van der Waals surface area contributed by atoms with E-state index in [1.807, 2.05) is 31.3 Å². The van der Waals surface area contributed by atoms with Crippen LogP contribution in [0.4, 0.5) is 5.82 Å². The molecule has 88 valence electrons. The number of rotatable bonds is 3. The maximum atomic E-state index is 5.30. The lowest BCUT2D eigenvalue weighted by molar-refractivity contribution is 0.416. The van der Waals surface area contributed by atoms with Crippen molar-refractivity contribution >= 4 is 28.4 Å². The molecule has 0 bridgehead atoms. The minimum absolute atomic E-state index is 0.659. The van der Waals surface area contributed by atoms with Gasteiger partial charge in [0.25, 0.3) is 0 Å². The molecule has 0 saturated carbocycles. The third-order valence-electron chi connectivity index (χ3n) is 2.33. The summed E-state index contributed by atoms with van der Waals surface area (Å²) in [4.78, 5) is 8.79. The van der Waals surface area contributed by atoms with Crippen molar-refractivity contribution in [2.45, 2.75) is 0 Å². The maximum Gasteiger partial charge on any atom is 0.165 e. The topological polar surface area (TPSA) is 47.0 Å². The van der Waals surface area contributed by atoms with Crippen molar-refractivity contribution in [2.75, 3.05) is 19.5 Å². The van der Waals surface area contributed by atoms with Crippen LogP contribution in [0.25, 0.3) is 11.4 Å². The molecular formula is C12H12IN3O. The molecule has 5 heteroatoms. The van der Waals surface area contributed by atoms with Gasteiger partial charge in [-0.2, -0.15) is 0 Å². The van der Waals surface area contributed by atoms with Crippen LogP contribution in [0.5, 0.6) is 5.75 Å². The van der Waals surface area contributed by atoms with Crippen molar-refractivity contribution in [1.82, 2.24) is 9.97 Å². The normalized spacial score (nSPS) is 10.1. The van der Waals surface area contributed by atoms with Gasteiger partial charge in [0.1, 0.15) is 11.6 Å². The molecule has 1 aromatic heterocycles. The maximum absolute atomic E-state index is 5.30. The molecule has 0 aliphatic rings. The highest BCUT2D eigenvalue weighted by Gasteiger charge is 2.09. The monoisotopic (exact) mass is 341 g/mol. The molecule has 0 aliphatic heterocycles. The fourth-order valence-corrected chi connectivity index (χ4v) is 2.03. The van der Waals surface area contributed by atoms with E-state index in [9.17, 15) is 0 Å². The Bertz CT molecular complexity index is 531. The van der Waals surface area contributed by atoms with Gasteiger partial charge >= 0.3 is 0 Å². The lowest BCUT2D eigenvalue weighted by atomic mass is 10.2. The van der Waals surface area contributed by atoms with Gasteiger partial charge in [0.15, 0.2) is 5.82 Å². The molecule has 0 amide bonds. The summed E-state index contributed by atoms with van der Waals surface area (Å²) in [6.07, 6.45) is 1.79. The lowest BCUT2D eigenvalue weighted by Crippen LogP contribution is -2.00. The molecule has 1 aromatic carbocycles. The fraction of sp³-hybridized carbons (Fsp3) is 0.167. The zero-order chi connectivity index (χ0) is 12.3. The van der Waals surface area contributed by atoms with Crippen molar-refractivity contribution < 1.29 is 4.74 Å². The quantitative estimate of drug-likeness (QED) is 0.873. The number of anilines is 1. The first-order valence-electron chi connectivity index (χ1n) is 5.10. The second kappa shape index (κ2) is 5.31. The molecule has 4 nitrogen and oxygen atoms in total. The van der Waals surface area contributed by atoms with Gasteiger partial charge in [-0.1, -0.05) is 12.1 Å². The van der Waals surface area contributed by atoms with Gasteiger partial charge in [-0.3, -0.25) is 0 Å². The highest BCUT2D eigenvalue weighted by Crippen LogP contribution is 2.28. The summed E-state index contributed by atoms with van der Waals surface area (Å²) in [6, 6.07) is 7.71. The van der Waals surface area contributed by atoms with E-state index in [0.29, 0.717) is 5.82 Å². The molecular weight excluding hydrogens is 329 g/mol. The summed E-state index contributed by atoms with van der Waals surface area (Å²) in [5, 5.41) is 3.04. The van der Waals surface area contributed by atoms with E-state index in [4.69, 9.17) is 4.74 Å². The third-order valence-corrected chi connectivity index (χ3v) is 3.12. The highest BCUT2D eigenvalue weighted by molar-refractivity contribution is 14.1. The van der Waals surface area contributed by atoms with Crippen LogP contribution in [0.3, 0.4) is 0 Å². The van der Waals surface area contributed by atoms with E-state index in [0.717, 1.165) is 20.7 Å². The lowest BCUT2D eigenvalue weighted by Gasteiger charge is -2.08. The molecule has 1 heterocycles. The zero-order valence-electron chi connectivity index (χ0n) is 9.57. The first-order valence-corrected chi connectivity index (χ1v) is 6.18. The number of halogens is 1. The Hall–Kier alpha value is -1.37. The van der Waals surface area contributed by atoms with Gasteiger partial charge in [0.05, 0.1) is 16.2 Å². The first-order chi connectivity index (χ1) is 8.26. The number of para-hydroxylation sites is 1. The van der Waals surface area contributed by atoms with E-state index in [2.05, 4.69) is 37.9 Å². The van der Waals surface area contributed by atoms with Crippen molar-refractivity contribution in [3.63, 3.8) is 0 Å². The molecule has 0 fully saturated rings. The summed E-state index contributed by atoms with van der Waals surface area (Å²) >= 11 is 2.20. The van der Waals surface area contributed by atoms with Gasteiger partial charge in [-0.15, -0.1) is 0 Å². The third kappa shape index (κ3) is 2.49. The molecule has 1 N–H and O–H groups in total. The first kappa shape index (κ1) is 12.1. The Labute approximate surface area is 114 Å². The highest BCUT2D eigenvalue weighted by atomic mass is 127. The molecule has 0 atom stereocenters. The van der Waals surface area contributed by atoms with Crippen LogP contribution in [-0.2, 0) is 0 Å². The largest absolute Gasteiger partial charge is 0.496 e. The number of hydrogen-bond acceptors (Lipinski definition) is 4. The van der Waals surface area contributed by atoms with Gasteiger partial charge < -0.3 is 10.1 Å². The Balaban J connectivity index is 2.53. The second-order valence-electron chi connectivity index (χ2n) is 3.34. The minimum Gasteiger partial charge on any atom is -0.496 e. The molecule has 0 unspecified atom stereocenters. The number of nitrogens with one attached hydrogen (secondary N) is 1. The van der Waals surface area contributed by atoms with Crippen LogP contribution in [0.15, 0.2) is 30.5 Å². The van der Waals surface area contributed by atoms with E-state index in [1.165, 1.54) is 0 Å². The van der Waals surface area contributed by atoms with Crippen molar-refractivity contribution in [3.05, 3.63) is 34.0 Å². The number of hydrogen-bond donors (Lipinski definition) is 1. The van der Waals surface area contributed by atoms with Gasteiger partial charge in [0.2, 0.25) is 0 Å². The smallest absolute Gasteiger partial charge is 0.165 e. The van der Waals surface area contributed by atoms with Gasteiger partial charge in [-0.05, 0) is 34.7 Å². The van der Waals surface area contributed by atoms with Crippen LogP contribution in [0.1, 0.15) is 0 Å². The van der Waals surface area contributed by atoms with Crippen LogP contribution in [-0.4, -0.2) is 24.1 Å². The van der Waals surface area contributed by atoms with Crippen LogP contribution < -0.4 is 10.1 Å². The van der Waals surface area contributed by atoms with Crippen LogP contribution >= 0.6 is 22.6 Å². The predicted molar refractivity (Wildman–Crippen MR) is 76.3 cm³/mol. The number of ether oxygens (including phenoxy) is 1. The van der Waals surface area contributed by atoms with Gasteiger partial charge in [-0.25, -0.2) is 9.97 Å². The van der Waals surface area contributed by atoms with E-state index in [1.54, 1.807) is 13.3 Å². The number of nitrogens with zero attached hydrogens (tertiary/aromatic N) is 2. The van der Waals surface area contributed by atoms with Gasteiger partial charge in [0, 0.05) is 13.2 Å². The molecule has 0 spiro atoms. The molecule has 17 heavy (non-hydrogen) atoms. The number of methoxy groups -OCH3 is 1. The Kier molecular flexibility index (Phi) is 3.78. The molecule has 2 rings (SSSR count). The summed E-state index contributed by atoms with van der Waals surface area (Å²) in [5.41, 5.74) is 0.892.